The molecule has 1 aliphatic carbocycles. The molecule has 0 heterocycles. The van der Waals surface area contributed by atoms with Gasteiger partial charge in [0.25, 0.3) is 0 Å². The molecule has 0 saturated heterocycles. The molecule has 12 heavy (non-hydrogen) atoms. The van der Waals surface area contributed by atoms with Crippen molar-refractivity contribution in [3.63, 3.8) is 0 Å². The Bertz CT molecular complexity index is 172. The Morgan fingerprint density at radius 2 is 2.33 bits per heavy atom. The molecule has 0 aromatic rings. The maximum absolute atomic E-state index is 11.3. The summed E-state index contributed by atoms with van der Waals surface area (Å²) >= 11 is 3.32. The molecule has 3 atom stereocenters. The van der Waals surface area contributed by atoms with Crippen molar-refractivity contribution in [2.75, 3.05) is 6.54 Å². The molecule has 3 unspecified atom stereocenters. The number of rotatable bonds is 4. The highest BCUT2D eigenvalue weighted by Crippen LogP contribution is 2.36. The van der Waals surface area contributed by atoms with Gasteiger partial charge < -0.3 is 5.32 Å². The fourth-order valence-electron chi connectivity index (χ4n) is 1.21. The van der Waals surface area contributed by atoms with E-state index < -0.39 is 0 Å². The summed E-state index contributed by atoms with van der Waals surface area (Å²) in [7, 11) is 0. The Hall–Kier alpha value is -0.0500. The standard InChI is InChI=1S/C9H16BrNO/c1-3-8(10)9(12)11-5-7-4-6(7)2/h6-8H,3-5H2,1-2H3,(H,11,12). The highest BCUT2D eigenvalue weighted by Gasteiger charge is 2.32. The largest absolute Gasteiger partial charge is 0.355 e. The Labute approximate surface area is 82.2 Å². The van der Waals surface area contributed by atoms with Crippen LogP contribution in [0, 0.1) is 11.8 Å². The molecule has 1 saturated carbocycles. The highest BCUT2D eigenvalue weighted by molar-refractivity contribution is 9.10. The van der Waals surface area contributed by atoms with Crippen molar-refractivity contribution < 1.29 is 4.79 Å². The summed E-state index contributed by atoms with van der Waals surface area (Å²) in [5, 5.41) is 2.94. The summed E-state index contributed by atoms with van der Waals surface area (Å²) in [6, 6.07) is 0. The van der Waals surface area contributed by atoms with Crippen LogP contribution in [0.5, 0.6) is 0 Å². The average Bonchev–Trinajstić information content (AvgIpc) is 2.76. The van der Waals surface area contributed by atoms with Gasteiger partial charge in [0.1, 0.15) is 0 Å². The molecule has 1 aliphatic rings. The lowest BCUT2D eigenvalue weighted by Gasteiger charge is -2.07. The maximum atomic E-state index is 11.3. The third-order valence-electron chi connectivity index (χ3n) is 2.46. The molecule has 2 nitrogen and oxygen atoms in total. The Morgan fingerprint density at radius 1 is 1.75 bits per heavy atom. The molecule has 1 fully saturated rings. The number of nitrogens with one attached hydrogen (secondary N) is 1. The van der Waals surface area contributed by atoms with Crippen molar-refractivity contribution in [3.8, 4) is 0 Å². The topological polar surface area (TPSA) is 29.1 Å². The summed E-state index contributed by atoms with van der Waals surface area (Å²) in [5.41, 5.74) is 0. The number of carbonyl (C=O) groups excluding carboxylic acids is 1. The van der Waals surface area contributed by atoms with Crippen molar-refractivity contribution in [2.24, 2.45) is 11.8 Å². The van der Waals surface area contributed by atoms with Crippen LogP contribution < -0.4 is 5.32 Å². The summed E-state index contributed by atoms with van der Waals surface area (Å²) in [6.45, 7) is 5.09. The lowest BCUT2D eigenvalue weighted by atomic mass is 10.3. The van der Waals surface area contributed by atoms with Gasteiger partial charge in [-0.15, -0.1) is 0 Å². The molecule has 0 aliphatic heterocycles. The first-order valence-electron chi connectivity index (χ1n) is 4.57. The van der Waals surface area contributed by atoms with E-state index in [0.717, 1.165) is 24.8 Å². The number of hydrogen-bond acceptors (Lipinski definition) is 1. The summed E-state index contributed by atoms with van der Waals surface area (Å²) < 4.78 is 0. The minimum atomic E-state index is -0.00782. The molecular formula is C9H16BrNO. The number of amides is 1. The Balaban J connectivity index is 2.10. The van der Waals surface area contributed by atoms with Crippen molar-refractivity contribution in [3.05, 3.63) is 0 Å². The van der Waals surface area contributed by atoms with Gasteiger partial charge in [0.2, 0.25) is 5.91 Å². The van der Waals surface area contributed by atoms with Gasteiger partial charge in [-0.25, -0.2) is 0 Å². The molecule has 0 aromatic heterocycles. The van der Waals surface area contributed by atoms with Crippen molar-refractivity contribution in [2.45, 2.75) is 31.5 Å². The summed E-state index contributed by atoms with van der Waals surface area (Å²) in [4.78, 5) is 11.2. The maximum Gasteiger partial charge on any atom is 0.233 e. The lowest BCUT2D eigenvalue weighted by Crippen LogP contribution is -2.32. The number of carbonyl (C=O) groups is 1. The molecule has 0 bridgehead atoms. The van der Waals surface area contributed by atoms with E-state index in [0.29, 0.717) is 0 Å². The van der Waals surface area contributed by atoms with Gasteiger partial charge in [0.05, 0.1) is 4.83 Å². The van der Waals surface area contributed by atoms with E-state index in [1.807, 2.05) is 6.92 Å². The second-order valence-corrected chi connectivity index (χ2v) is 4.70. The zero-order chi connectivity index (χ0) is 9.14. The first-order chi connectivity index (χ1) is 5.65. The number of halogens is 1. The fraction of sp³-hybridized carbons (Fsp3) is 0.889. The molecule has 0 aromatic carbocycles. The van der Waals surface area contributed by atoms with Crippen molar-refractivity contribution in [1.82, 2.24) is 5.32 Å². The Kier molecular flexibility index (Phi) is 3.56. The minimum Gasteiger partial charge on any atom is -0.355 e. The monoisotopic (exact) mass is 233 g/mol. The predicted molar refractivity (Wildman–Crippen MR) is 53.3 cm³/mol. The predicted octanol–water partition coefficient (Wildman–Crippen LogP) is 1.93. The first kappa shape index (κ1) is 10.0. The highest BCUT2D eigenvalue weighted by atomic mass is 79.9. The molecule has 1 N–H and O–H groups in total. The molecule has 3 heteroatoms. The molecule has 1 amide bonds. The smallest absolute Gasteiger partial charge is 0.233 e. The van der Waals surface area contributed by atoms with Crippen LogP contribution in [0.15, 0.2) is 0 Å². The van der Waals surface area contributed by atoms with Crippen LogP contribution in [0.1, 0.15) is 26.7 Å². The Morgan fingerprint density at radius 3 is 2.75 bits per heavy atom. The third-order valence-corrected chi connectivity index (χ3v) is 3.52. The van der Waals surface area contributed by atoms with E-state index >= 15 is 0 Å². The molecule has 1 rings (SSSR count). The van der Waals surface area contributed by atoms with Gasteiger partial charge >= 0.3 is 0 Å². The fourth-order valence-corrected chi connectivity index (χ4v) is 1.37. The van der Waals surface area contributed by atoms with Crippen LogP contribution in [-0.2, 0) is 4.79 Å². The van der Waals surface area contributed by atoms with Crippen molar-refractivity contribution >= 4 is 21.8 Å². The van der Waals surface area contributed by atoms with E-state index in [1.54, 1.807) is 0 Å². The van der Waals surface area contributed by atoms with Gasteiger partial charge in [-0.1, -0.05) is 29.8 Å². The summed E-state index contributed by atoms with van der Waals surface area (Å²) in [5.74, 6) is 1.70. The quantitative estimate of drug-likeness (QED) is 0.740. The van der Waals surface area contributed by atoms with Crippen LogP contribution in [0.3, 0.4) is 0 Å². The SMILES string of the molecule is CCC(Br)C(=O)NCC1CC1C. The normalized spacial score (nSPS) is 29.6. The van der Waals surface area contributed by atoms with Crippen LogP contribution >= 0.6 is 15.9 Å². The third kappa shape index (κ3) is 2.77. The second kappa shape index (κ2) is 4.26. The van der Waals surface area contributed by atoms with Crippen LogP contribution in [-0.4, -0.2) is 17.3 Å². The van der Waals surface area contributed by atoms with Crippen LogP contribution in [0.2, 0.25) is 0 Å². The molecular weight excluding hydrogens is 218 g/mol. The lowest BCUT2D eigenvalue weighted by molar-refractivity contribution is -0.120. The van der Waals surface area contributed by atoms with Gasteiger partial charge in [-0.2, -0.15) is 0 Å². The molecule has 0 radical (unpaired) electrons. The number of hydrogen-bond donors (Lipinski definition) is 1. The van der Waals surface area contributed by atoms with Gasteiger partial charge in [-0.05, 0) is 24.7 Å². The van der Waals surface area contributed by atoms with E-state index in [4.69, 9.17) is 0 Å². The van der Waals surface area contributed by atoms with E-state index in [1.165, 1.54) is 6.42 Å². The van der Waals surface area contributed by atoms with E-state index in [9.17, 15) is 4.79 Å². The minimum absolute atomic E-state index is 0.00782. The van der Waals surface area contributed by atoms with Crippen LogP contribution in [0.4, 0.5) is 0 Å². The van der Waals surface area contributed by atoms with Gasteiger partial charge in [0, 0.05) is 6.54 Å². The zero-order valence-corrected chi connectivity index (χ0v) is 9.23. The van der Waals surface area contributed by atoms with Gasteiger partial charge in [0.15, 0.2) is 0 Å². The second-order valence-electron chi connectivity index (χ2n) is 3.59. The van der Waals surface area contributed by atoms with E-state index in [2.05, 4.69) is 28.2 Å². The van der Waals surface area contributed by atoms with Crippen LogP contribution in [0.25, 0.3) is 0 Å². The molecule has 70 valence electrons. The summed E-state index contributed by atoms with van der Waals surface area (Å²) in [6.07, 6.45) is 2.13. The van der Waals surface area contributed by atoms with Gasteiger partial charge in [-0.3, -0.25) is 4.79 Å². The zero-order valence-electron chi connectivity index (χ0n) is 7.64. The molecule has 0 spiro atoms. The average molecular weight is 234 g/mol. The van der Waals surface area contributed by atoms with E-state index in [-0.39, 0.29) is 10.7 Å². The first-order valence-corrected chi connectivity index (χ1v) is 5.48. The van der Waals surface area contributed by atoms with Crippen molar-refractivity contribution in [1.29, 1.82) is 0 Å². The number of alkyl halides is 1.